The van der Waals surface area contributed by atoms with E-state index in [2.05, 4.69) is 26.9 Å². The second-order valence-corrected chi connectivity index (χ2v) is 7.45. The monoisotopic (exact) mass is 451 g/mol. The molecule has 142 valence electrons. The van der Waals surface area contributed by atoms with Crippen molar-refractivity contribution in [3.8, 4) is 22.8 Å². The molecule has 0 atom stereocenters. The number of anilines is 1. The summed E-state index contributed by atoms with van der Waals surface area (Å²) in [5.41, 5.74) is 3.56. The van der Waals surface area contributed by atoms with Crippen LogP contribution in [-0.2, 0) is 4.74 Å². The van der Waals surface area contributed by atoms with E-state index in [9.17, 15) is 0 Å². The zero-order chi connectivity index (χ0) is 19.0. The standard InChI is InChI=1S/C19H19BrClN3O3/c1-25-17-9-18(26-2)14(21)7-12(17)15-11-24-10-13(20)16(8-19(24)22-15)23-3-5-27-6-4-23/h7-11H,3-6H2,1-2H3. The van der Waals surface area contributed by atoms with E-state index >= 15 is 0 Å². The molecule has 0 aliphatic carbocycles. The summed E-state index contributed by atoms with van der Waals surface area (Å²) in [6.07, 6.45) is 3.98. The maximum absolute atomic E-state index is 6.32. The Labute approximate surface area is 170 Å². The number of hydrogen-bond acceptors (Lipinski definition) is 5. The molecular weight excluding hydrogens is 434 g/mol. The molecule has 4 rings (SSSR count). The first-order valence-corrected chi connectivity index (χ1v) is 9.70. The lowest BCUT2D eigenvalue weighted by molar-refractivity contribution is 0.122. The predicted octanol–water partition coefficient (Wildman–Crippen LogP) is 4.27. The Hall–Kier alpha value is -1.96. The summed E-state index contributed by atoms with van der Waals surface area (Å²) in [4.78, 5) is 7.09. The molecule has 1 aliphatic rings. The lowest BCUT2D eigenvalue weighted by Crippen LogP contribution is -2.36. The molecule has 0 amide bonds. The van der Waals surface area contributed by atoms with Crippen LogP contribution < -0.4 is 14.4 Å². The number of halogens is 2. The summed E-state index contributed by atoms with van der Waals surface area (Å²) >= 11 is 10.0. The highest BCUT2D eigenvalue weighted by Gasteiger charge is 2.18. The minimum Gasteiger partial charge on any atom is -0.496 e. The summed E-state index contributed by atoms with van der Waals surface area (Å²) in [5.74, 6) is 1.23. The van der Waals surface area contributed by atoms with Gasteiger partial charge >= 0.3 is 0 Å². The Kier molecular flexibility index (Phi) is 5.16. The number of fused-ring (bicyclic) bond motifs is 1. The predicted molar refractivity (Wildman–Crippen MR) is 109 cm³/mol. The maximum Gasteiger partial charge on any atom is 0.141 e. The van der Waals surface area contributed by atoms with Crippen molar-refractivity contribution >= 4 is 38.9 Å². The SMILES string of the molecule is COc1cc(OC)c(-c2cn3cc(Br)c(N4CCOCC4)cc3n2)cc1Cl. The van der Waals surface area contributed by atoms with Gasteiger partial charge in [-0.25, -0.2) is 4.98 Å². The molecular formula is C19H19BrClN3O3. The zero-order valence-electron chi connectivity index (χ0n) is 15.0. The molecule has 0 spiro atoms. The smallest absolute Gasteiger partial charge is 0.141 e. The van der Waals surface area contributed by atoms with Crippen LogP contribution in [0.15, 0.2) is 35.1 Å². The Balaban J connectivity index is 1.79. The van der Waals surface area contributed by atoms with E-state index < -0.39 is 0 Å². The van der Waals surface area contributed by atoms with E-state index in [1.54, 1.807) is 20.3 Å². The van der Waals surface area contributed by atoms with Crippen LogP contribution >= 0.6 is 27.5 Å². The van der Waals surface area contributed by atoms with Gasteiger partial charge in [0.1, 0.15) is 17.1 Å². The van der Waals surface area contributed by atoms with Crippen LogP contribution in [0.4, 0.5) is 5.69 Å². The second kappa shape index (κ2) is 7.58. The van der Waals surface area contributed by atoms with Gasteiger partial charge in [-0.3, -0.25) is 0 Å². The number of pyridine rings is 1. The molecule has 0 N–H and O–H groups in total. The number of nitrogens with zero attached hydrogens (tertiary/aromatic N) is 3. The largest absolute Gasteiger partial charge is 0.496 e. The van der Waals surface area contributed by atoms with Crippen LogP contribution in [-0.4, -0.2) is 49.9 Å². The highest BCUT2D eigenvalue weighted by atomic mass is 79.9. The summed E-state index contributed by atoms with van der Waals surface area (Å²) in [6, 6.07) is 5.67. The fraction of sp³-hybridized carbons (Fsp3) is 0.316. The zero-order valence-corrected chi connectivity index (χ0v) is 17.4. The van der Waals surface area contributed by atoms with Crippen LogP contribution in [0.3, 0.4) is 0 Å². The molecule has 6 nitrogen and oxygen atoms in total. The van der Waals surface area contributed by atoms with Crippen LogP contribution in [0.2, 0.25) is 5.02 Å². The average molecular weight is 453 g/mol. The Bertz CT molecular complexity index is 986. The number of ether oxygens (including phenoxy) is 3. The molecule has 3 heterocycles. The molecule has 3 aromatic rings. The van der Waals surface area contributed by atoms with Gasteiger partial charge in [-0.1, -0.05) is 11.6 Å². The fourth-order valence-corrected chi connectivity index (χ4v) is 4.06. The number of imidazole rings is 1. The summed E-state index contributed by atoms with van der Waals surface area (Å²) in [7, 11) is 3.20. The van der Waals surface area contributed by atoms with Gasteiger partial charge in [0, 0.05) is 43.2 Å². The van der Waals surface area contributed by atoms with Crippen molar-refractivity contribution in [2.24, 2.45) is 0 Å². The van der Waals surface area contributed by atoms with Crippen LogP contribution in [0.1, 0.15) is 0 Å². The first-order valence-electron chi connectivity index (χ1n) is 8.53. The highest BCUT2D eigenvalue weighted by molar-refractivity contribution is 9.10. The highest BCUT2D eigenvalue weighted by Crippen LogP contribution is 2.38. The molecule has 0 radical (unpaired) electrons. The van der Waals surface area contributed by atoms with Gasteiger partial charge in [0.15, 0.2) is 0 Å². The quantitative estimate of drug-likeness (QED) is 0.592. The molecule has 0 saturated carbocycles. The van der Waals surface area contributed by atoms with Gasteiger partial charge in [-0.2, -0.15) is 0 Å². The molecule has 1 aliphatic heterocycles. The molecule has 1 aromatic carbocycles. The summed E-state index contributed by atoms with van der Waals surface area (Å²) in [5, 5.41) is 0.514. The number of morpholine rings is 1. The molecule has 8 heteroatoms. The van der Waals surface area contributed by atoms with E-state index in [4.69, 9.17) is 30.8 Å². The second-order valence-electron chi connectivity index (χ2n) is 6.18. The molecule has 0 bridgehead atoms. The van der Waals surface area contributed by atoms with Gasteiger partial charge in [-0.05, 0) is 22.0 Å². The van der Waals surface area contributed by atoms with Crippen LogP contribution in [0.25, 0.3) is 16.9 Å². The van der Waals surface area contributed by atoms with E-state index in [-0.39, 0.29) is 0 Å². The van der Waals surface area contributed by atoms with E-state index in [1.807, 2.05) is 22.9 Å². The van der Waals surface area contributed by atoms with Gasteiger partial charge in [-0.15, -0.1) is 0 Å². The van der Waals surface area contributed by atoms with Gasteiger partial charge in [0.05, 0.1) is 48.3 Å². The molecule has 27 heavy (non-hydrogen) atoms. The molecule has 0 unspecified atom stereocenters. The lowest BCUT2D eigenvalue weighted by Gasteiger charge is -2.29. The number of aromatic nitrogens is 2. The lowest BCUT2D eigenvalue weighted by atomic mass is 10.1. The average Bonchev–Trinajstić information content (AvgIpc) is 3.10. The third-order valence-corrected chi connectivity index (χ3v) is 5.53. The van der Waals surface area contributed by atoms with Crippen molar-refractivity contribution in [1.29, 1.82) is 0 Å². The van der Waals surface area contributed by atoms with E-state index in [0.717, 1.165) is 53.4 Å². The number of methoxy groups -OCH3 is 2. The minimum atomic E-state index is 0.514. The molecule has 1 saturated heterocycles. The number of benzene rings is 1. The Morgan fingerprint density at radius 1 is 1.07 bits per heavy atom. The first kappa shape index (κ1) is 18.4. The van der Waals surface area contributed by atoms with Crippen LogP contribution in [0, 0.1) is 0 Å². The maximum atomic E-state index is 6.32. The third kappa shape index (κ3) is 3.47. The van der Waals surface area contributed by atoms with Crippen molar-refractivity contribution in [2.75, 3.05) is 45.4 Å². The molecule has 2 aromatic heterocycles. The summed E-state index contributed by atoms with van der Waals surface area (Å²) < 4.78 is 19.2. The fourth-order valence-electron chi connectivity index (χ4n) is 3.23. The Morgan fingerprint density at radius 2 is 1.81 bits per heavy atom. The van der Waals surface area contributed by atoms with Gasteiger partial charge < -0.3 is 23.5 Å². The van der Waals surface area contributed by atoms with Crippen molar-refractivity contribution < 1.29 is 14.2 Å². The van der Waals surface area contributed by atoms with Crippen molar-refractivity contribution in [3.63, 3.8) is 0 Å². The normalized spacial score (nSPS) is 14.6. The van der Waals surface area contributed by atoms with Crippen LogP contribution in [0.5, 0.6) is 11.5 Å². The topological polar surface area (TPSA) is 48.2 Å². The van der Waals surface area contributed by atoms with E-state index in [1.165, 1.54) is 0 Å². The van der Waals surface area contributed by atoms with Gasteiger partial charge in [0.2, 0.25) is 0 Å². The van der Waals surface area contributed by atoms with Crippen molar-refractivity contribution in [3.05, 3.63) is 40.1 Å². The van der Waals surface area contributed by atoms with E-state index in [0.29, 0.717) is 16.5 Å². The Morgan fingerprint density at radius 3 is 2.52 bits per heavy atom. The number of rotatable bonds is 4. The first-order chi connectivity index (χ1) is 13.1. The van der Waals surface area contributed by atoms with Crippen molar-refractivity contribution in [2.45, 2.75) is 0 Å². The van der Waals surface area contributed by atoms with Crippen molar-refractivity contribution in [1.82, 2.24) is 9.38 Å². The third-order valence-electron chi connectivity index (χ3n) is 4.63. The van der Waals surface area contributed by atoms with Gasteiger partial charge in [0.25, 0.3) is 0 Å². The molecule has 1 fully saturated rings. The number of hydrogen-bond donors (Lipinski definition) is 0. The summed E-state index contributed by atoms with van der Waals surface area (Å²) in [6.45, 7) is 3.20. The minimum absolute atomic E-state index is 0.514.